The fourth-order valence-corrected chi connectivity index (χ4v) is 6.95. The van der Waals surface area contributed by atoms with Crippen molar-refractivity contribution in [1.82, 2.24) is 0 Å². The van der Waals surface area contributed by atoms with Crippen LogP contribution in [0.1, 0.15) is 239 Å². The molecule has 0 aromatic heterocycles. The summed E-state index contributed by atoms with van der Waals surface area (Å²) in [4.78, 5) is 25.3. The standard InChI is InChI=1S/C55H96O5/c1-4-7-10-13-16-19-22-25-27-28-29-31-33-36-39-42-45-48-54(56)59-52-53(51-58-50-47-44-41-38-35-32-26-23-20-17-14-11-8-5-2)60-55(57)49-46-43-40-37-34-30-24-21-18-15-12-9-6-3/h7,10,16,19,21,24-25,27,29,31,36,39,53H,4-6,8-9,11-15,17-18,20,22-23,26,28,30,32-35,37-38,40-52H2,1-3H3/b10-7-,19-16-,24-21-,27-25-,31-29-,39-36-. The first-order chi connectivity index (χ1) is 29.6. The summed E-state index contributed by atoms with van der Waals surface area (Å²) in [6.07, 6.45) is 64.8. The second-order valence-electron chi connectivity index (χ2n) is 16.7. The smallest absolute Gasteiger partial charge is 0.306 e. The molecular formula is C55H96O5. The van der Waals surface area contributed by atoms with E-state index in [9.17, 15) is 9.59 Å². The number of allylic oxidation sites excluding steroid dienone is 12. The van der Waals surface area contributed by atoms with Gasteiger partial charge in [0.2, 0.25) is 0 Å². The Bertz CT molecular complexity index is 1080. The second kappa shape index (κ2) is 50.7. The van der Waals surface area contributed by atoms with Crippen LogP contribution in [0.25, 0.3) is 0 Å². The maximum Gasteiger partial charge on any atom is 0.306 e. The van der Waals surface area contributed by atoms with Crippen molar-refractivity contribution in [1.29, 1.82) is 0 Å². The number of rotatable bonds is 46. The highest BCUT2D eigenvalue weighted by Crippen LogP contribution is 2.14. The molecule has 0 aliphatic rings. The average Bonchev–Trinajstić information content (AvgIpc) is 3.25. The quantitative estimate of drug-likeness (QED) is 0.0347. The van der Waals surface area contributed by atoms with E-state index in [1.54, 1.807) is 0 Å². The van der Waals surface area contributed by atoms with Crippen LogP contribution in [0.3, 0.4) is 0 Å². The third-order valence-corrected chi connectivity index (χ3v) is 10.7. The van der Waals surface area contributed by atoms with E-state index in [-0.39, 0.29) is 25.2 Å². The number of unbranched alkanes of at least 4 members (excludes halogenated alkanes) is 23. The van der Waals surface area contributed by atoms with Crippen molar-refractivity contribution in [2.45, 2.75) is 245 Å². The van der Waals surface area contributed by atoms with Gasteiger partial charge in [0, 0.05) is 19.4 Å². The summed E-state index contributed by atoms with van der Waals surface area (Å²) < 4.78 is 17.3. The average molecular weight is 837 g/mol. The van der Waals surface area contributed by atoms with Gasteiger partial charge in [0.1, 0.15) is 6.61 Å². The van der Waals surface area contributed by atoms with Crippen molar-refractivity contribution < 1.29 is 23.8 Å². The summed E-state index contributed by atoms with van der Waals surface area (Å²) in [5.41, 5.74) is 0. The van der Waals surface area contributed by atoms with Crippen LogP contribution in [0.4, 0.5) is 0 Å². The normalized spacial score (nSPS) is 12.8. The fourth-order valence-electron chi connectivity index (χ4n) is 6.95. The van der Waals surface area contributed by atoms with Crippen molar-refractivity contribution >= 4 is 11.9 Å². The number of hydrogen-bond donors (Lipinski definition) is 0. The third-order valence-electron chi connectivity index (χ3n) is 10.7. The van der Waals surface area contributed by atoms with Crippen molar-refractivity contribution in [3.63, 3.8) is 0 Å². The summed E-state index contributed by atoms with van der Waals surface area (Å²) in [5, 5.41) is 0. The van der Waals surface area contributed by atoms with E-state index in [4.69, 9.17) is 14.2 Å². The third kappa shape index (κ3) is 48.0. The summed E-state index contributed by atoms with van der Waals surface area (Å²) >= 11 is 0. The maximum atomic E-state index is 12.8. The zero-order chi connectivity index (χ0) is 43.5. The van der Waals surface area contributed by atoms with E-state index in [1.165, 1.54) is 122 Å². The molecule has 0 rings (SSSR count). The van der Waals surface area contributed by atoms with Gasteiger partial charge in [0.15, 0.2) is 6.10 Å². The maximum absolute atomic E-state index is 12.8. The Morgan fingerprint density at radius 3 is 1.28 bits per heavy atom. The Hall–Kier alpha value is -2.66. The molecule has 0 fully saturated rings. The Kier molecular flexibility index (Phi) is 48.4. The van der Waals surface area contributed by atoms with E-state index >= 15 is 0 Å². The van der Waals surface area contributed by atoms with E-state index in [0.29, 0.717) is 19.4 Å². The van der Waals surface area contributed by atoms with Gasteiger partial charge in [0.05, 0.1) is 6.61 Å². The molecule has 0 aromatic carbocycles. The van der Waals surface area contributed by atoms with Gasteiger partial charge in [0.25, 0.3) is 0 Å². The molecular weight excluding hydrogens is 741 g/mol. The summed E-state index contributed by atoms with van der Waals surface area (Å²) in [5.74, 6) is -0.470. The fraction of sp³-hybridized carbons (Fsp3) is 0.745. The van der Waals surface area contributed by atoms with Crippen LogP contribution < -0.4 is 0 Å². The van der Waals surface area contributed by atoms with Crippen molar-refractivity contribution in [3.05, 3.63) is 72.9 Å². The second-order valence-corrected chi connectivity index (χ2v) is 16.7. The lowest BCUT2D eigenvalue weighted by Gasteiger charge is -2.18. The summed E-state index contributed by atoms with van der Waals surface area (Å²) in [6, 6.07) is 0. The monoisotopic (exact) mass is 837 g/mol. The molecule has 0 aliphatic heterocycles. The highest BCUT2D eigenvalue weighted by Gasteiger charge is 2.17. The molecule has 0 aliphatic carbocycles. The van der Waals surface area contributed by atoms with Gasteiger partial charge in [-0.05, 0) is 83.5 Å². The molecule has 0 saturated heterocycles. The minimum absolute atomic E-state index is 0.0527. The Morgan fingerprint density at radius 1 is 0.383 bits per heavy atom. The Balaban J connectivity index is 4.36. The van der Waals surface area contributed by atoms with Crippen LogP contribution in [0, 0.1) is 0 Å². The van der Waals surface area contributed by atoms with Crippen molar-refractivity contribution in [3.8, 4) is 0 Å². The van der Waals surface area contributed by atoms with Crippen LogP contribution in [-0.2, 0) is 23.8 Å². The molecule has 0 spiro atoms. The highest BCUT2D eigenvalue weighted by molar-refractivity contribution is 5.70. The molecule has 5 heteroatoms. The van der Waals surface area contributed by atoms with Crippen LogP contribution in [0.5, 0.6) is 0 Å². The van der Waals surface area contributed by atoms with Crippen LogP contribution in [0.2, 0.25) is 0 Å². The molecule has 0 N–H and O–H groups in total. The first-order valence-corrected chi connectivity index (χ1v) is 25.5. The molecule has 0 radical (unpaired) electrons. The van der Waals surface area contributed by atoms with Gasteiger partial charge in [-0.1, -0.05) is 216 Å². The van der Waals surface area contributed by atoms with Crippen LogP contribution in [0.15, 0.2) is 72.9 Å². The SMILES string of the molecule is CC/C=C\C/C=C\C/C=C\C/C=C\C/C=C\CCCC(=O)OCC(COCCCCCCCCCCCCCCCC)OC(=O)CCCCCCC/C=C\CCCCCC. The van der Waals surface area contributed by atoms with Crippen LogP contribution in [-0.4, -0.2) is 37.9 Å². The van der Waals surface area contributed by atoms with E-state index < -0.39 is 6.10 Å². The minimum Gasteiger partial charge on any atom is -0.462 e. The van der Waals surface area contributed by atoms with E-state index in [2.05, 4.69) is 93.7 Å². The van der Waals surface area contributed by atoms with Gasteiger partial charge >= 0.3 is 11.9 Å². The Labute approximate surface area is 372 Å². The predicted octanol–water partition coefficient (Wildman–Crippen LogP) is 17.1. The van der Waals surface area contributed by atoms with Gasteiger partial charge in [-0.25, -0.2) is 0 Å². The van der Waals surface area contributed by atoms with Crippen molar-refractivity contribution in [2.24, 2.45) is 0 Å². The Morgan fingerprint density at radius 2 is 0.767 bits per heavy atom. The van der Waals surface area contributed by atoms with Gasteiger partial charge in [-0.15, -0.1) is 0 Å². The number of carbonyl (C=O) groups is 2. The molecule has 0 bridgehead atoms. The van der Waals surface area contributed by atoms with E-state index in [1.807, 2.05) is 0 Å². The molecule has 0 heterocycles. The van der Waals surface area contributed by atoms with Gasteiger partial charge in [-0.2, -0.15) is 0 Å². The number of carbonyl (C=O) groups excluding carboxylic acids is 2. The zero-order valence-corrected chi connectivity index (χ0v) is 39.7. The first-order valence-electron chi connectivity index (χ1n) is 25.5. The van der Waals surface area contributed by atoms with Crippen molar-refractivity contribution in [2.75, 3.05) is 19.8 Å². The molecule has 5 nitrogen and oxygen atoms in total. The zero-order valence-electron chi connectivity index (χ0n) is 39.7. The highest BCUT2D eigenvalue weighted by atomic mass is 16.6. The molecule has 0 amide bonds. The van der Waals surface area contributed by atoms with Gasteiger partial charge < -0.3 is 14.2 Å². The minimum atomic E-state index is -0.562. The van der Waals surface area contributed by atoms with Crippen LogP contribution >= 0.6 is 0 Å². The lowest BCUT2D eigenvalue weighted by atomic mass is 10.0. The largest absolute Gasteiger partial charge is 0.462 e. The molecule has 0 aromatic rings. The van der Waals surface area contributed by atoms with Gasteiger partial charge in [-0.3, -0.25) is 9.59 Å². The molecule has 346 valence electrons. The molecule has 1 atom stereocenters. The summed E-state index contributed by atoms with van der Waals surface area (Å²) in [7, 11) is 0. The molecule has 60 heavy (non-hydrogen) atoms. The number of ether oxygens (including phenoxy) is 3. The summed E-state index contributed by atoms with van der Waals surface area (Å²) in [6.45, 7) is 7.65. The first kappa shape index (κ1) is 57.3. The number of hydrogen-bond acceptors (Lipinski definition) is 5. The lowest BCUT2D eigenvalue weighted by molar-refractivity contribution is -0.163. The molecule has 1 unspecified atom stereocenters. The number of esters is 2. The lowest BCUT2D eigenvalue weighted by Crippen LogP contribution is -2.30. The topological polar surface area (TPSA) is 61.8 Å². The molecule has 0 saturated carbocycles. The predicted molar refractivity (Wildman–Crippen MR) is 260 cm³/mol. The van der Waals surface area contributed by atoms with E-state index in [0.717, 1.165) is 83.5 Å².